The summed E-state index contributed by atoms with van der Waals surface area (Å²) in [5.74, 6) is 1.10. The number of carbonyl (C=O) groups is 1. The van der Waals surface area contributed by atoms with Crippen molar-refractivity contribution in [2.24, 2.45) is 13.0 Å². The van der Waals surface area contributed by atoms with Gasteiger partial charge in [-0.05, 0) is 36.6 Å². The maximum Gasteiger partial charge on any atom is 0.270 e. The first-order chi connectivity index (χ1) is 14.2. The molecular formula is C22H26N6O. The molecule has 1 saturated carbocycles. The zero-order valence-electron chi connectivity index (χ0n) is 16.7. The number of carbonyl (C=O) groups excluding carboxylic acids is 1. The average Bonchev–Trinajstić information content (AvgIpc) is 3.17. The van der Waals surface area contributed by atoms with E-state index in [2.05, 4.69) is 25.4 Å². The highest BCUT2D eigenvalue weighted by atomic mass is 16.2. The Bertz CT molecular complexity index is 934. The van der Waals surface area contributed by atoms with Gasteiger partial charge < -0.3 is 5.32 Å². The quantitative estimate of drug-likeness (QED) is 0.693. The Kier molecular flexibility index (Phi) is 5.93. The summed E-state index contributed by atoms with van der Waals surface area (Å²) in [5.41, 5.74) is 2.20. The van der Waals surface area contributed by atoms with Crippen molar-refractivity contribution >= 4 is 5.91 Å². The molecule has 3 aromatic rings. The lowest BCUT2D eigenvalue weighted by Gasteiger charge is -2.26. The zero-order valence-corrected chi connectivity index (χ0v) is 16.7. The third kappa shape index (κ3) is 4.67. The molecule has 1 unspecified atom stereocenters. The van der Waals surface area contributed by atoms with Crippen LogP contribution in [0.25, 0.3) is 11.3 Å². The number of pyridine rings is 1. The fourth-order valence-corrected chi connectivity index (χ4v) is 4.05. The van der Waals surface area contributed by atoms with E-state index in [1.54, 1.807) is 42.6 Å². The van der Waals surface area contributed by atoms with Crippen LogP contribution in [0.15, 0.2) is 49.1 Å². The van der Waals surface area contributed by atoms with Gasteiger partial charge in [-0.25, -0.2) is 9.97 Å². The smallest absolute Gasteiger partial charge is 0.270 e. The molecule has 0 bridgehead atoms. The van der Waals surface area contributed by atoms with E-state index in [0.717, 1.165) is 17.7 Å². The molecular weight excluding hydrogens is 364 g/mol. The first-order valence-electron chi connectivity index (χ1n) is 10.2. The molecule has 1 amide bonds. The van der Waals surface area contributed by atoms with Gasteiger partial charge in [-0.1, -0.05) is 32.1 Å². The molecule has 1 aliphatic rings. The molecule has 0 aromatic carbocycles. The van der Waals surface area contributed by atoms with Crippen LogP contribution in [0.2, 0.25) is 0 Å². The highest BCUT2D eigenvalue weighted by molar-refractivity contribution is 5.93. The SMILES string of the molecule is Cn1nc(-c2ccncc2)cc1C(=O)NC(CC1CCCCC1)c1ncccn1. The summed E-state index contributed by atoms with van der Waals surface area (Å²) in [6, 6.07) is 7.17. The van der Waals surface area contributed by atoms with Gasteiger partial charge in [0.1, 0.15) is 11.5 Å². The molecule has 4 rings (SSSR count). The molecule has 7 nitrogen and oxygen atoms in total. The van der Waals surface area contributed by atoms with Gasteiger partial charge in [0.15, 0.2) is 0 Å². The van der Waals surface area contributed by atoms with Gasteiger partial charge in [-0.2, -0.15) is 5.10 Å². The zero-order chi connectivity index (χ0) is 20.1. The van der Waals surface area contributed by atoms with Crippen LogP contribution in [0.4, 0.5) is 0 Å². The van der Waals surface area contributed by atoms with E-state index in [0.29, 0.717) is 17.4 Å². The van der Waals surface area contributed by atoms with Crippen molar-refractivity contribution in [3.63, 3.8) is 0 Å². The molecule has 29 heavy (non-hydrogen) atoms. The monoisotopic (exact) mass is 390 g/mol. The van der Waals surface area contributed by atoms with Crippen LogP contribution in [0.5, 0.6) is 0 Å². The molecule has 0 spiro atoms. The van der Waals surface area contributed by atoms with Crippen molar-refractivity contribution < 1.29 is 4.79 Å². The van der Waals surface area contributed by atoms with Crippen molar-refractivity contribution in [3.05, 3.63) is 60.6 Å². The number of aromatic nitrogens is 5. The largest absolute Gasteiger partial charge is 0.341 e. The molecule has 1 atom stereocenters. The van der Waals surface area contributed by atoms with E-state index in [-0.39, 0.29) is 11.9 Å². The highest BCUT2D eigenvalue weighted by Crippen LogP contribution is 2.31. The number of nitrogens with zero attached hydrogens (tertiary/aromatic N) is 5. The number of aryl methyl sites for hydroxylation is 1. The first-order valence-corrected chi connectivity index (χ1v) is 10.2. The Morgan fingerprint density at radius 3 is 2.59 bits per heavy atom. The van der Waals surface area contributed by atoms with Crippen LogP contribution < -0.4 is 5.32 Å². The van der Waals surface area contributed by atoms with Crippen molar-refractivity contribution in [3.8, 4) is 11.3 Å². The maximum atomic E-state index is 13.1. The molecule has 0 saturated heterocycles. The molecule has 3 aromatic heterocycles. The van der Waals surface area contributed by atoms with Crippen LogP contribution in [-0.2, 0) is 7.05 Å². The Morgan fingerprint density at radius 1 is 1.14 bits per heavy atom. The van der Waals surface area contributed by atoms with Crippen molar-refractivity contribution in [2.45, 2.75) is 44.6 Å². The van der Waals surface area contributed by atoms with Gasteiger partial charge >= 0.3 is 0 Å². The number of rotatable bonds is 6. The Morgan fingerprint density at radius 2 is 1.86 bits per heavy atom. The molecule has 1 fully saturated rings. The lowest BCUT2D eigenvalue weighted by Crippen LogP contribution is -2.32. The molecule has 1 N–H and O–H groups in total. The fourth-order valence-electron chi connectivity index (χ4n) is 4.05. The summed E-state index contributed by atoms with van der Waals surface area (Å²) in [7, 11) is 1.79. The van der Waals surface area contributed by atoms with Gasteiger partial charge in [0.05, 0.1) is 11.7 Å². The number of amides is 1. The summed E-state index contributed by atoms with van der Waals surface area (Å²) < 4.78 is 1.62. The van der Waals surface area contributed by atoms with Crippen LogP contribution in [0.3, 0.4) is 0 Å². The molecule has 0 radical (unpaired) electrons. The molecule has 150 valence electrons. The van der Waals surface area contributed by atoms with Gasteiger partial charge in [0.25, 0.3) is 5.91 Å². The van der Waals surface area contributed by atoms with E-state index in [9.17, 15) is 4.79 Å². The molecule has 1 aliphatic carbocycles. The Hall–Kier alpha value is -3.09. The van der Waals surface area contributed by atoms with Crippen molar-refractivity contribution in [1.82, 2.24) is 30.0 Å². The third-order valence-electron chi connectivity index (χ3n) is 5.59. The third-order valence-corrected chi connectivity index (χ3v) is 5.59. The lowest BCUT2D eigenvalue weighted by atomic mass is 9.84. The number of nitrogens with one attached hydrogen (secondary N) is 1. The minimum atomic E-state index is -0.203. The second-order valence-corrected chi connectivity index (χ2v) is 7.65. The van der Waals surface area contributed by atoms with E-state index in [4.69, 9.17) is 0 Å². The summed E-state index contributed by atoms with van der Waals surface area (Å²) >= 11 is 0. The number of hydrogen-bond acceptors (Lipinski definition) is 5. The molecule has 7 heteroatoms. The molecule has 0 aliphatic heterocycles. The normalized spacial score (nSPS) is 15.8. The van der Waals surface area contributed by atoms with Gasteiger partial charge in [0.2, 0.25) is 0 Å². The second kappa shape index (κ2) is 8.94. The predicted molar refractivity (Wildman–Crippen MR) is 110 cm³/mol. The topological polar surface area (TPSA) is 85.6 Å². The minimum Gasteiger partial charge on any atom is -0.341 e. The van der Waals surface area contributed by atoms with E-state index in [1.807, 2.05) is 18.2 Å². The van der Waals surface area contributed by atoms with Crippen LogP contribution >= 0.6 is 0 Å². The molecule has 3 heterocycles. The van der Waals surface area contributed by atoms with Gasteiger partial charge in [0, 0.05) is 37.4 Å². The standard InChI is InChI=1S/C22H26N6O/c1-28-20(15-18(27-28)17-8-12-23-13-9-17)22(29)26-19(21-24-10-5-11-25-21)14-16-6-3-2-4-7-16/h5,8-13,15-16,19H,2-4,6-7,14H2,1H3,(H,26,29). The van der Waals surface area contributed by atoms with Gasteiger partial charge in [-0.15, -0.1) is 0 Å². The second-order valence-electron chi connectivity index (χ2n) is 7.65. The fraction of sp³-hybridized carbons (Fsp3) is 0.409. The van der Waals surface area contributed by atoms with E-state index < -0.39 is 0 Å². The maximum absolute atomic E-state index is 13.1. The van der Waals surface area contributed by atoms with Crippen LogP contribution in [0, 0.1) is 5.92 Å². The van der Waals surface area contributed by atoms with Crippen molar-refractivity contribution in [1.29, 1.82) is 0 Å². The summed E-state index contributed by atoms with van der Waals surface area (Å²) in [6.07, 6.45) is 14.0. The first kappa shape index (κ1) is 19.2. The summed E-state index contributed by atoms with van der Waals surface area (Å²) in [4.78, 5) is 26.0. The van der Waals surface area contributed by atoms with Gasteiger partial charge in [-0.3, -0.25) is 14.5 Å². The summed E-state index contributed by atoms with van der Waals surface area (Å²) in [6.45, 7) is 0. The number of hydrogen-bond donors (Lipinski definition) is 1. The summed E-state index contributed by atoms with van der Waals surface area (Å²) in [5, 5.41) is 7.66. The Balaban J connectivity index is 1.54. The minimum absolute atomic E-state index is 0.159. The van der Waals surface area contributed by atoms with E-state index in [1.165, 1.54) is 32.1 Å². The average molecular weight is 390 g/mol. The predicted octanol–water partition coefficient (Wildman–Crippen LogP) is 3.71. The van der Waals surface area contributed by atoms with Crippen molar-refractivity contribution in [2.75, 3.05) is 0 Å². The van der Waals surface area contributed by atoms with E-state index >= 15 is 0 Å². The van der Waals surface area contributed by atoms with Crippen LogP contribution in [0.1, 0.15) is 60.9 Å². The lowest BCUT2D eigenvalue weighted by molar-refractivity contribution is 0.0916. The Labute approximate surface area is 170 Å². The van der Waals surface area contributed by atoms with Crippen LogP contribution in [-0.4, -0.2) is 30.6 Å². The highest BCUT2D eigenvalue weighted by Gasteiger charge is 2.25.